The van der Waals surface area contributed by atoms with Gasteiger partial charge < -0.3 is 15.4 Å². The van der Waals surface area contributed by atoms with E-state index < -0.39 is 0 Å². The molecule has 28 heavy (non-hydrogen) atoms. The van der Waals surface area contributed by atoms with E-state index in [4.69, 9.17) is 17.0 Å². The van der Waals surface area contributed by atoms with Crippen LogP contribution >= 0.6 is 12.2 Å². The zero-order chi connectivity index (χ0) is 20.7. The number of rotatable bonds is 6. The first kappa shape index (κ1) is 21.4. The number of amides is 2. The van der Waals surface area contributed by atoms with Crippen molar-refractivity contribution in [2.45, 2.75) is 39.8 Å². The number of thiocarbonyl (C=S) groups is 1. The molecule has 3 N–H and O–H groups in total. The highest BCUT2D eigenvalue weighted by Gasteiger charge is 2.10. The van der Waals surface area contributed by atoms with Gasteiger partial charge in [0.25, 0.3) is 11.8 Å². The molecule has 0 aliphatic rings. The molecule has 0 fully saturated rings. The number of carbonyl (C=O) groups excluding carboxylic acids is 2. The summed E-state index contributed by atoms with van der Waals surface area (Å²) in [5.41, 5.74) is 1.70. The number of hydrogen-bond acceptors (Lipinski definition) is 4. The van der Waals surface area contributed by atoms with E-state index in [2.05, 4.69) is 16.0 Å². The van der Waals surface area contributed by atoms with Crippen molar-refractivity contribution in [3.8, 4) is 5.75 Å². The second kappa shape index (κ2) is 9.85. The fraction of sp³-hybridized carbons (Fsp3) is 0.286. The highest BCUT2D eigenvalue weighted by Crippen LogP contribution is 2.14. The van der Waals surface area contributed by atoms with Crippen LogP contribution in [0.5, 0.6) is 5.75 Å². The molecule has 0 atom stereocenters. The van der Waals surface area contributed by atoms with Crippen molar-refractivity contribution in [3.63, 3.8) is 0 Å². The minimum Gasteiger partial charge on any atom is -0.491 e. The molecule has 0 heterocycles. The fourth-order valence-electron chi connectivity index (χ4n) is 2.35. The van der Waals surface area contributed by atoms with E-state index >= 15 is 0 Å². The monoisotopic (exact) mass is 399 g/mol. The third-order valence-electron chi connectivity index (χ3n) is 3.54. The third-order valence-corrected chi connectivity index (χ3v) is 3.74. The molecule has 2 aromatic carbocycles. The Kier molecular flexibility index (Phi) is 7.52. The van der Waals surface area contributed by atoms with Gasteiger partial charge in [-0.25, -0.2) is 0 Å². The van der Waals surface area contributed by atoms with Crippen LogP contribution in [-0.4, -0.2) is 29.1 Å². The molecule has 0 saturated carbocycles. The highest BCUT2D eigenvalue weighted by molar-refractivity contribution is 7.80. The largest absolute Gasteiger partial charge is 0.491 e. The first-order valence-corrected chi connectivity index (χ1v) is 9.45. The van der Waals surface area contributed by atoms with Gasteiger partial charge in [0.1, 0.15) is 5.75 Å². The number of carbonyl (C=O) groups is 2. The molecule has 0 bridgehead atoms. The zero-order valence-electron chi connectivity index (χ0n) is 16.4. The number of benzene rings is 2. The Morgan fingerprint density at radius 1 is 0.857 bits per heavy atom. The second-order valence-electron chi connectivity index (χ2n) is 6.80. The van der Waals surface area contributed by atoms with E-state index in [0.717, 1.165) is 0 Å². The lowest BCUT2D eigenvalue weighted by molar-refractivity contribution is 0.0941. The van der Waals surface area contributed by atoms with Gasteiger partial charge in [-0.3, -0.25) is 14.9 Å². The van der Waals surface area contributed by atoms with E-state index in [0.29, 0.717) is 22.6 Å². The molecular formula is C21H25N3O3S. The molecular weight excluding hydrogens is 374 g/mol. The van der Waals surface area contributed by atoms with Crippen LogP contribution in [0.25, 0.3) is 0 Å². The van der Waals surface area contributed by atoms with Gasteiger partial charge in [-0.2, -0.15) is 0 Å². The lowest BCUT2D eigenvalue weighted by atomic mass is 10.2. The SMILES string of the molecule is CC(C)NC(=O)c1ccc(NC(=S)NC(=O)c2ccc(OC(C)C)cc2)cc1. The van der Waals surface area contributed by atoms with Gasteiger partial charge in [0, 0.05) is 22.9 Å². The van der Waals surface area contributed by atoms with Gasteiger partial charge in [0.05, 0.1) is 6.10 Å². The summed E-state index contributed by atoms with van der Waals surface area (Å²) in [5, 5.41) is 8.56. The Bertz CT molecular complexity index is 831. The average molecular weight is 400 g/mol. The molecule has 0 unspecified atom stereocenters. The van der Waals surface area contributed by atoms with Gasteiger partial charge in [0.2, 0.25) is 0 Å². The first-order chi connectivity index (χ1) is 13.2. The Balaban J connectivity index is 1.90. The van der Waals surface area contributed by atoms with Crippen molar-refractivity contribution in [3.05, 3.63) is 59.7 Å². The van der Waals surface area contributed by atoms with Crippen molar-refractivity contribution >= 4 is 34.8 Å². The zero-order valence-corrected chi connectivity index (χ0v) is 17.2. The fourth-order valence-corrected chi connectivity index (χ4v) is 2.56. The Morgan fingerprint density at radius 2 is 1.39 bits per heavy atom. The predicted octanol–water partition coefficient (Wildman–Crippen LogP) is 3.74. The molecule has 0 radical (unpaired) electrons. The summed E-state index contributed by atoms with van der Waals surface area (Å²) in [6.07, 6.45) is 0.0688. The maximum Gasteiger partial charge on any atom is 0.257 e. The summed E-state index contributed by atoms with van der Waals surface area (Å²) in [5.74, 6) is 0.248. The number of nitrogens with one attached hydrogen (secondary N) is 3. The van der Waals surface area contributed by atoms with Crippen LogP contribution in [0.4, 0.5) is 5.69 Å². The summed E-state index contributed by atoms with van der Waals surface area (Å²) >= 11 is 5.19. The Labute approximate surface area is 170 Å². The van der Waals surface area contributed by atoms with Crippen LogP contribution in [0, 0.1) is 0 Å². The van der Waals surface area contributed by atoms with E-state index in [1.165, 1.54) is 0 Å². The number of hydrogen-bond donors (Lipinski definition) is 3. The van der Waals surface area contributed by atoms with E-state index in [-0.39, 0.29) is 29.1 Å². The van der Waals surface area contributed by atoms with Crippen molar-refractivity contribution in [2.75, 3.05) is 5.32 Å². The highest BCUT2D eigenvalue weighted by atomic mass is 32.1. The summed E-state index contributed by atoms with van der Waals surface area (Å²) < 4.78 is 5.56. The first-order valence-electron chi connectivity index (χ1n) is 9.04. The summed E-state index contributed by atoms with van der Waals surface area (Å²) in [6, 6.07) is 13.8. The molecule has 0 aliphatic carbocycles. The minimum absolute atomic E-state index is 0.0686. The third kappa shape index (κ3) is 6.66. The summed E-state index contributed by atoms with van der Waals surface area (Å²) in [4.78, 5) is 24.2. The molecule has 2 amide bonds. The molecule has 7 heteroatoms. The van der Waals surface area contributed by atoms with Crippen LogP contribution < -0.4 is 20.7 Å². The van der Waals surface area contributed by atoms with Gasteiger partial charge in [-0.1, -0.05) is 0 Å². The van der Waals surface area contributed by atoms with Crippen molar-refractivity contribution < 1.29 is 14.3 Å². The predicted molar refractivity (Wildman–Crippen MR) is 115 cm³/mol. The lowest BCUT2D eigenvalue weighted by Gasteiger charge is -2.12. The molecule has 2 aromatic rings. The standard InChI is InChI=1S/C21H25N3O3S/c1-13(2)22-19(25)15-5-9-17(10-6-15)23-21(28)24-20(26)16-7-11-18(12-8-16)27-14(3)4/h5-14H,1-4H3,(H,22,25)(H2,23,24,26,28). The number of anilines is 1. The molecule has 0 spiro atoms. The van der Waals surface area contributed by atoms with Crippen LogP contribution in [-0.2, 0) is 0 Å². The normalized spacial score (nSPS) is 10.5. The maximum atomic E-state index is 12.3. The van der Waals surface area contributed by atoms with Crippen LogP contribution in [0.3, 0.4) is 0 Å². The van der Waals surface area contributed by atoms with Gasteiger partial charge >= 0.3 is 0 Å². The summed E-state index contributed by atoms with van der Waals surface area (Å²) in [7, 11) is 0. The van der Waals surface area contributed by atoms with Gasteiger partial charge in [0.15, 0.2) is 5.11 Å². The molecule has 2 rings (SSSR count). The quantitative estimate of drug-likeness (QED) is 0.645. The van der Waals surface area contributed by atoms with E-state index in [1.54, 1.807) is 48.5 Å². The van der Waals surface area contributed by atoms with E-state index in [1.807, 2.05) is 27.7 Å². The van der Waals surface area contributed by atoms with Gasteiger partial charge in [-0.15, -0.1) is 0 Å². The van der Waals surface area contributed by atoms with Crippen LogP contribution in [0.1, 0.15) is 48.4 Å². The molecule has 0 aromatic heterocycles. The molecule has 0 saturated heterocycles. The average Bonchev–Trinajstić information content (AvgIpc) is 2.61. The molecule has 148 valence electrons. The van der Waals surface area contributed by atoms with E-state index in [9.17, 15) is 9.59 Å². The van der Waals surface area contributed by atoms with Crippen molar-refractivity contribution in [1.82, 2.24) is 10.6 Å². The Hall–Kier alpha value is -2.93. The summed E-state index contributed by atoms with van der Waals surface area (Å²) in [6.45, 7) is 7.68. The Morgan fingerprint density at radius 3 is 1.93 bits per heavy atom. The molecule has 6 nitrogen and oxygen atoms in total. The second-order valence-corrected chi connectivity index (χ2v) is 7.21. The topological polar surface area (TPSA) is 79.5 Å². The van der Waals surface area contributed by atoms with Crippen LogP contribution in [0.2, 0.25) is 0 Å². The molecule has 0 aliphatic heterocycles. The van der Waals surface area contributed by atoms with Crippen LogP contribution in [0.15, 0.2) is 48.5 Å². The minimum atomic E-state index is -0.318. The maximum absolute atomic E-state index is 12.3. The van der Waals surface area contributed by atoms with Crippen molar-refractivity contribution in [2.24, 2.45) is 0 Å². The smallest absolute Gasteiger partial charge is 0.257 e. The van der Waals surface area contributed by atoms with Gasteiger partial charge in [-0.05, 0) is 88.4 Å². The number of ether oxygens (including phenoxy) is 1. The van der Waals surface area contributed by atoms with Crippen molar-refractivity contribution in [1.29, 1.82) is 0 Å². The lowest BCUT2D eigenvalue weighted by Crippen LogP contribution is -2.34.